The van der Waals surface area contributed by atoms with Crippen molar-refractivity contribution in [2.45, 2.75) is 6.92 Å². The van der Waals surface area contributed by atoms with E-state index in [1.165, 1.54) is 0 Å². The Morgan fingerprint density at radius 3 is 2.93 bits per heavy atom. The summed E-state index contributed by atoms with van der Waals surface area (Å²) >= 11 is 8.14. The molecule has 1 N–H and O–H groups in total. The predicted octanol–water partition coefficient (Wildman–Crippen LogP) is 2.92. The van der Waals surface area contributed by atoms with E-state index >= 15 is 0 Å². The molecule has 0 fully saturated rings. The van der Waals surface area contributed by atoms with Crippen molar-refractivity contribution in [3.63, 3.8) is 0 Å². The fourth-order valence-corrected chi connectivity index (χ4v) is 1.93. The maximum atomic E-state index is 11.1. The van der Waals surface area contributed by atoms with Crippen molar-refractivity contribution >= 4 is 45.8 Å². The molecule has 0 saturated heterocycles. The lowest BCUT2D eigenvalue weighted by Crippen LogP contribution is -2.16. The second kappa shape index (κ2) is 6.17. The van der Waals surface area contributed by atoms with Crippen molar-refractivity contribution in [3.05, 3.63) is 26.8 Å². The number of ether oxygens (including phenoxy) is 1. The third kappa shape index (κ3) is 4.25. The van der Waals surface area contributed by atoms with Crippen molar-refractivity contribution in [2.24, 2.45) is 0 Å². The minimum absolute atomic E-state index is 0.133. The molecule has 0 aromatic heterocycles. The highest BCUT2D eigenvalue weighted by Gasteiger charge is 2.04. The molecule has 15 heavy (non-hydrogen) atoms. The van der Waals surface area contributed by atoms with Crippen LogP contribution in [0.5, 0.6) is 0 Å². The van der Waals surface area contributed by atoms with Gasteiger partial charge in [-0.1, -0.05) is 11.6 Å². The van der Waals surface area contributed by atoms with E-state index in [0.717, 1.165) is 9.26 Å². The Morgan fingerprint density at radius 2 is 2.33 bits per heavy atom. The van der Waals surface area contributed by atoms with Crippen molar-refractivity contribution < 1.29 is 9.53 Å². The van der Waals surface area contributed by atoms with Gasteiger partial charge in [-0.05, 0) is 47.7 Å². The van der Waals surface area contributed by atoms with Crippen LogP contribution in [0, 0.1) is 3.57 Å². The van der Waals surface area contributed by atoms with Crippen LogP contribution in [-0.4, -0.2) is 19.1 Å². The van der Waals surface area contributed by atoms with E-state index in [-0.39, 0.29) is 12.5 Å². The number of carbonyl (C=O) groups is 1. The van der Waals surface area contributed by atoms with E-state index in [0.29, 0.717) is 11.6 Å². The molecule has 0 aliphatic carbocycles. The Bertz CT molecular complexity index is 357. The summed E-state index contributed by atoms with van der Waals surface area (Å²) in [6.45, 7) is 2.30. The lowest BCUT2D eigenvalue weighted by Gasteiger charge is -2.07. The molecule has 0 unspecified atom stereocenters. The highest BCUT2D eigenvalue weighted by atomic mass is 127. The summed E-state index contributed by atoms with van der Waals surface area (Å²) in [7, 11) is 0. The zero-order chi connectivity index (χ0) is 11.3. The Hall–Kier alpha value is -0.490. The van der Waals surface area contributed by atoms with Gasteiger partial charge in [0.25, 0.3) is 0 Å². The first-order valence-corrected chi connectivity index (χ1v) is 5.93. The molecule has 0 spiro atoms. The number of benzene rings is 1. The highest BCUT2D eigenvalue weighted by molar-refractivity contribution is 14.1. The van der Waals surface area contributed by atoms with Gasteiger partial charge in [-0.25, -0.2) is 0 Å². The summed E-state index contributed by atoms with van der Waals surface area (Å²) in [5, 5.41) is 3.52. The third-order valence-corrected chi connectivity index (χ3v) is 2.64. The van der Waals surface area contributed by atoms with Crippen LogP contribution >= 0.6 is 34.2 Å². The molecule has 0 aliphatic rings. The van der Waals surface area contributed by atoms with Gasteiger partial charge in [0.15, 0.2) is 0 Å². The normalized spacial score (nSPS) is 9.80. The van der Waals surface area contributed by atoms with Crippen LogP contribution in [0.15, 0.2) is 18.2 Å². The first kappa shape index (κ1) is 12.6. The fourth-order valence-electron chi connectivity index (χ4n) is 1.01. The van der Waals surface area contributed by atoms with Crippen LogP contribution in [0.1, 0.15) is 6.92 Å². The average Bonchev–Trinajstić information content (AvgIpc) is 2.17. The SMILES string of the molecule is CCOC(=O)CNc1ccc(I)cc1Cl. The second-order valence-electron chi connectivity index (χ2n) is 2.78. The van der Waals surface area contributed by atoms with Gasteiger partial charge < -0.3 is 10.1 Å². The monoisotopic (exact) mass is 339 g/mol. The van der Waals surface area contributed by atoms with Crippen molar-refractivity contribution in [2.75, 3.05) is 18.5 Å². The fraction of sp³-hybridized carbons (Fsp3) is 0.300. The van der Waals surface area contributed by atoms with Gasteiger partial charge in [0.05, 0.1) is 17.3 Å². The minimum atomic E-state index is -0.285. The smallest absolute Gasteiger partial charge is 0.325 e. The Morgan fingerprint density at radius 1 is 1.60 bits per heavy atom. The van der Waals surface area contributed by atoms with E-state index in [1.54, 1.807) is 6.92 Å². The Labute approximate surface area is 107 Å². The first-order chi connectivity index (χ1) is 7.13. The second-order valence-corrected chi connectivity index (χ2v) is 4.44. The molecule has 3 nitrogen and oxygen atoms in total. The molecular formula is C10H11ClINO2. The quantitative estimate of drug-likeness (QED) is 0.677. The number of carbonyl (C=O) groups excluding carboxylic acids is 1. The molecule has 82 valence electrons. The predicted molar refractivity (Wildman–Crippen MR) is 69.3 cm³/mol. The summed E-state index contributed by atoms with van der Waals surface area (Å²) < 4.78 is 5.84. The van der Waals surface area contributed by atoms with Gasteiger partial charge in [0.1, 0.15) is 6.54 Å². The molecule has 0 atom stereocenters. The summed E-state index contributed by atoms with van der Waals surface area (Å²) in [4.78, 5) is 11.1. The molecule has 0 heterocycles. The number of rotatable bonds is 4. The van der Waals surface area contributed by atoms with E-state index in [2.05, 4.69) is 27.9 Å². The van der Waals surface area contributed by atoms with Crippen molar-refractivity contribution in [1.82, 2.24) is 0 Å². The summed E-state index contributed by atoms with van der Waals surface area (Å²) in [5.74, 6) is -0.285. The van der Waals surface area contributed by atoms with Crippen LogP contribution in [0.2, 0.25) is 5.02 Å². The Kier molecular flexibility index (Phi) is 5.17. The molecule has 1 aromatic rings. The lowest BCUT2D eigenvalue weighted by molar-refractivity contribution is -0.140. The number of esters is 1. The average molecular weight is 340 g/mol. The zero-order valence-electron chi connectivity index (χ0n) is 8.22. The maximum absolute atomic E-state index is 11.1. The van der Waals surface area contributed by atoms with E-state index in [1.807, 2.05) is 18.2 Å². The molecular weight excluding hydrogens is 328 g/mol. The lowest BCUT2D eigenvalue weighted by atomic mass is 10.3. The number of hydrogen-bond donors (Lipinski definition) is 1. The standard InChI is InChI=1S/C10H11ClINO2/c1-2-15-10(14)6-13-9-4-3-7(12)5-8(9)11/h3-5,13H,2,6H2,1H3. The van der Waals surface area contributed by atoms with E-state index < -0.39 is 0 Å². The molecule has 5 heteroatoms. The van der Waals surface area contributed by atoms with Crippen LogP contribution < -0.4 is 5.32 Å². The minimum Gasteiger partial charge on any atom is -0.465 e. The van der Waals surface area contributed by atoms with Gasteiger partial charge in [-0.15, -0.1) is 0 Å². The molecule has 0 bridgehead atoms. The Balaban J connectivity index is 2.54. The summed E-state index contributed by atoms with van der Waals surface area (Å²) in [6.07, 6.45) is 0. The molecule has 0 saturated carbocycles. The third-order valence-electron chi connectivity index (χ3n) is 1.66. The number of hydrogen-bond acceptors (Lipinski definition) is 3. The zero-order valence-corrected chi connectivity index (χ0v) is 11.1. The van der Waals surface area contributed by atoms with Gasteiger partial charge in [0.2, 0.25) is 0 Å². The van der Waals surface area contributed by atoms with Crippen molar-refractivity contribution in [3.8, 4) is 0 Å². The van der Waals surface area contributed by atoms with Gasteiger partial charge >= 0.3 is 5.97 Å². The van der Waals surface area contributed by atoms with Gasteiger partial charge in [-0.3, -0.25) is 4.79 Å². The topological polar surface area (TPSA) is 38.3 Å². The largest absolute Gasteiger partial charge is 0.465 e. The number of nitrogens with one attached hydrogen (secondary N) is 1. The summed E-state index contributed by atoms with van der Waals surface area (Å²) in [6, 6.07) is 5.58. The molecule has 0 aliphatic heterocycles. The number of halogens is 2. The van der Waals surface area contributed by atoms with Crippen LogP contribution in [0.4, 0.5) is 5.69 Å². The van der Waals surface area contributed by atoms with Gasteiger partial charge in [0, 0.05) is 3.57 Å². The highest BCUT2D eigenvalue weighted by Crippen LogP contribution is 2.23. The number of anilines is 1. The molecule has 1 rings (SSSR count). The van der Waals surface area contributed by atoms with E-state index in [9.17, 15) is 4.79 Å². The molecule has 1 aromatic carbocycles. The van der Waals surface area contributed by atoms with Crippen LogP contribution in [0.3, 0.4) is 0 Å². The van der Waals surface area contributed by atoms with Crippen LogP contribution in [0.25, 0.3) is 0 Å². The maximum Gasteiger partial charge on any atom is 0.325 e. The van der Waals surface area contributed by atoms with Crippen LogP contribution in [-0.2, 0) is 9.53 Å². The molecule has 0 amide bonds. The van der Waals surface area contributed by atoms with Crippen molar-refractivity contribution in [1.29, 1.82) is 0 Å². The molecule has 0 radical (unpaired) electrons. The first-order valence-electron chi connectivity index (χ1n) is 4.48. The van der Waals surface area contributed by atoms with Gasteiger partial charge in [-0.2, -0.15) is 0 Å². The van der Waals surface area contributed by atoms with E-state index in [4.69, 9.17) is 16.3 Å². The summed E-state index contributed by atoms with van der Waals surface area (Å²) in [5.41, 5.74) is 0.741.